The Morgan fingerprint density at radius 1 is 0.955 bits per heavy atom. The number of allylic oxidation sites excluding steroid dienone is 2. The van der Waals surface area contributed by atoms with Crippen LogP contribution in [0.3, 0.4) is 0 Å². The van der Waals surface area contributed by atoms with Gasteiger partial charge in [0.1, 0.15) is 12.3 Å². The number of hydrazine groups is 1. The molecule has 13 heteroatoms. The highest BCUT2D eigenvalue weighted by atomic mass is 35.5. The number of nitro benzene ring substituents is 1. The highest BCUT2D eigenvalue weighted by Crippen LogP contribution is 2.39. The second-order valence-electron chi connectivity index (χ2n) is 10.3. The Labute approximate surface area is 260 Å². The average Bonchev–Trinajstić information content (AvgIpc) is 3.24. The number of rotatable bonds is 8. The number of imide groups is 1. The van der Waals surface area contributed by atoms with Crippen LogP contribution in [0.2, 0.25) is 10.0 Å². The van der Waals surface area contributed by atoms with Crippen LogP contribution in [-0.4, -0.2) is 51.0 Å². The number of hydrogen-bond donors (Lipinski definition) is 0. The Morgan fingerprint density at radius 2 is 1.59 bits per heavy atom. The minimum Gasteiger partial charge on any atom is -0.423 e. The Bertz CT molecular complexity index is 1740. The molecule has 3 aromatic rings. The number of halogens is 2. The Hall–Kier alpha value is -4.87. The number of amides is 3. The summed E-state index contributed by atoms with van der Waals surface area (Å²) in [6.45, 7) is 1.20. The van der Waals surface area contributed by atoms with Crippen LogP contribution >= 0.6 is 23.2 Å². The van der Waals surface area contributed by atoms with E-state index in [9.17, 15) is 34.1 Å². The fourth-order valence-corrected chi connectivity index (χ4v) is 5.60. The van der Waals surface area contributed by atoms with Crippen molar-refractivity contribution in [2.24, 2.45) is 11.8 Å². The Morgan fingerprint density at radius 3 is 2.23 bits per heavy atom. The lowest BCUT2D eigenvalue weighted by Crippen LogP contribution is -2.52. The number of hydrogen-bond acceptors (Lipinski definition) is 8. The maximum Gasteiger partial charge on any atom is 0.343 e. The summed E-state index contributed by atoms with van der Waals surface area (Å²) in [5, 5.41) is 12.7. The fourth-order valence-electron chi connectivity index (χ4n) is 5.11. The van der Waals surface area contributed by atoms with E-state index in [1.54, 1.807) is 0 Å². The van der Waals surface area contributed by atoms with Crippen LogP contribution < -0.4 is 4.74 Å². The first-order chi connectivity index (χ1) is 20.9. The number of ketones is 1. The molecular formula is C31H23Cl2N3O8. The molecule has 224 valence electrons. The molecular weight excluding hydrogens is 613 g/mol. The van der Waals surface area contributed by atoms with Crippen LogP contribution in [0.4, 0.5) is 5.69 Å². The number of carbonyl (C=O) groups excluding carboxylic acids is 5. The molecule has 0 N–H and O–H groups in total. The lowest BCUT2D eigenvalue weighted by molar-refractivity contribution is -0.384. The number of fused-ring (bicyclic) bond motifs is 1. The number of non-ortho nitro benzene ring substituents is 1. The van der Waals surface area contributed by atoms with E-state index in [4.69, 9.17) is 27.9 Å². The van der Waals surface area contributed by atoms with Gasteiger partial charge in [-0.3, -0.25) is 29.3 Å². The van der Waals surface area contributed by atoms with Gasteiger partial charge in [-0.15, -0.1) is 0 Å². The van der Waals surface area contributed by atoms with Crippen LogP contribution in [0.5, 0.6) is 5.75 Å². The van der Waals surface area contributed by atoms with Crippen LogP contribution in [0.25, 0.3) is 0 Å². The van der Waals surface area contributed by atoms with Crippen molar-refractivity contribution in [3.63, 3.8) is 0 Å². The molecule has 1 heterocycles. The molecule has 2 atom stereocenters. The summed E-state index contributed by atoms with van der Waals surface area (Å²) in [5.41, 5.74) is 0.907. The van der Waals surface area contributed by atoms with Crippen molar-refractivity contribution in [3.8, 4) is 5.75 Å². The van der Waals surface area contributed by atoms with E-state index < -0.39 is 52.8 Å². The maximum absolute atomic E-state index is 13.8. The van der Waals surface area contributed by atoms with Gasteiger partial charge in [0.2, 0.25) is 0 Å². The molecule has 3 amide bonds. The quantitative estimate of drug-likeness (QED) is 0.0583. The molecule has 3 aromatic carbocycles. The van der Waals surface area contributed by atoms with Gasteiger partial charge in [-0.25, -0.2) is 9.80 Å². The zero-order chi connectivity index (χ0) is 31.7. The summed E-state index contributed by atoms with van der Waals surface area (Å²) in [6.07, 6.45) is 2.60. The van der Waals surface area contributed by atoms with E-state index in [2.05, 4.69) is 0 Å². The number of nitrogens with zero attached hydrogens (tertiary/aromatic N) is 3. The molecule has 1 aliphatic carbocycles. The predicted molar refractivity (Wildman–Crippen MR) is 158 cm³/mol. The third kappa shape index (κ3) is 6.10. The van der Waals surface area contributed by atoms with Gasteiger partial charge in [0, 0.05) is 22.7 Å². The summed E-state index contributed by atoms with van der Waals surface area (Å²) in [6, 6.07) is 14.4. The van der Waals surface area contributed by atoms with E-state index in [1.807, 2.05) is 13.0 Å². The number of ether oxygens (including phenoxy) is 1. The summed E-state index contributed by atoms with van der Waals surface area (Å²) in [4.78, 5) is 76.8. The fraction of sp³-hybridized carbons (Fsp3) is 0.194. The summed E-state index contributed by atoms with van der Waals surface area (Å²) >= 11 is 12.3. The lowest BCUT2D eigenvalue weighted by Gasteiger charge is -2.30. The van der Waals surface area contributed by atoms with Gasteiger partial charge in [0.05, 0.1) is 32.9 Å². The molecule has 1 fully saturated rings. The number of Topliss-reactive ketones (excluding diaryl/α,β-unsaturated/α-hetero) is 1. The van der Waals surface area contributed by atoms with Gasteiger partial charge in [0.15, 0.2) is 5.78 Å². The van der Waals surface area contributed by atoms with E-state index in [0.717, 1.165) is 15.6 Å². The molecule has 0 radical (unpaired) electrons. The first kappa shape index (κ1) is 30.6. The second kappa shape index (κ2) is 12.4. The van der Waals surface area contributed by atoms with E-state index in [1.165, 1.54) is 66.7 Å². The van der Waals surface area contributed by atoms with Gasteiger partial charge in [0.25, 0.3) is 23.4 Å². The monoisotopic (exact) mass is 635 g/mol. The molecule has 0 spiro atoms. The van der Waals surface area contributed by atoms with Crippen LogP contribution in [-0.2, 0) is 9.59 Å². The van der Waals surface area contributed by atoms with Crippen molar-refractivity contribution < 1.29 is 33.6 Å². The van der Waals surface area contributed by atoms with E-state index in [-0.39, 0.29) is 38.2 Å². The molecule has 1 saturated heterocycles. The first-order valence-electron chi connectivity index (χ1n) is 13.3. The van der Waals surface area contributed by atoms with Gasteiger partial charge in [-0.2, -0.15) is 5.01 Å². The first-order valence-corrected chi connectivity index (χ1v) is 14.1. The Balaban J connectivity index is 1.37. The van der Waals surface area contributed by atoms with Crippen molar-refractivity contribution in [1.82, 2.24) is 10.0 Å². The predicted octanol–water partition coefficient (Wildman–Crippen LogP) is 5.70. The largest absolute Gasteiger partial charge is 0.423 e. The summed E-state index contributed by atoms with van der Waals surface area (Å²) in [7, 11) is 0. The van der Waals surface area contributed by atoms with Crippen LogP contribution in [0.1, 0.15) is 50.8 Å². The number of carbonyl (C=O) groups is 5. The SMILES string of the molecule is CC1=CC[C@H]2C(=O)N(N(CC(=O)c3ccc(OC(=O)c4ccc([N+](=O)[O-])cc4)cc3)C(=O)c3ccc(Cl)cc3Cl)C(=O)[C@@H]2C1. The molecule has 1 aliphatic heterocycles. The van der Waals surface area contributed by atoms with Gasteiger partial charge >= 0.3 is 5.97 Å². The van der Waals surface area contributed by atoms with Crippen molar-refractivity contribution in [1.29, 1.82) is 0 Å². The van der Waals surface area contributed by atoms with Crippen molar-refractivity contribution >= 4 is 58.4 Å². The lowest BCUT2D eigenvalue weighted by atomic mass is 9.82. The topological polar surface area (TPSA) is 144 Å². The van der Waals surface area contributed by atoms with Crippen molar-refractivity contribution in [2.75, 3.05) is 6.54 Å². The highest BCUT2D eigenvalue weighted by molar-refractivity contribution is 6.36. The van der Waals surface area contributed by atoms with E-state index in [0.29, 0.717) is 12.8 Å². The van der Waals surface area contributed by atoms with Gasteiger partial charge in [-0.1, -0.05) is 34.9 Å². The van der Waals surface area contributed by atoms with Crippen LogP contribution in [0, 0.1) is 22.0 Å². The number of benzene rings is 3. The molecule has 5 rings (SSSR count). The van der Waals surface area contributed by atoms with Crippen molar-refractivity contribution in [2.45, 2.75) is 19.8 Å². The molecule has 0 saturated carbocycles. The molecule has 0 aromatic heterocycles. The minimum atomic E-state index is -0.835. The van der Waals surface area contributed by atoms with E-state index >= 15 is 0 Å². The maximum atomic E-state index is 13.8. The zero-order valence-corrected chi connectivity index (χ0v) is 24.6. The van der Waals surface area contributed by atoms with Crippen molar-refractivity contribution in [3.05, 3.63) is 115 Å². The molecule has 0 bridgehead atoms. The highest BCUT2D eigenvalue weighted by Gasteiger charge is 2.52. The Kier molecular flexibility index (Phi) is 8.61. The minimum absolute atomic E-state index is 0.0202. The summed E-state index contributed by atoms with van der Waals surface area (Å²) in [5.74, 6) is -4.59. The third-order valence-electron chi connectivity index (χ3n) is 7.43. The molecule has 44 heavy (non-hydrogen) atoms. The molecule has 11 nitrogen and oxygen atoms in total. The third-order valence-corrected chi connectivity index (χ3v) is 7.98. The van der Waals surface area contributed by atoms with Crippen LogP contribution in [0.15, 0.2) is 78.4 Å². The normalized spacial score (nSPS) is 17.5. The second-order valence-corrected chi connectivity index (χ2v) is 11.2. The van der Waals surface area contributed by atoms with Gasteiger partial charge in [-0.05, 0) is 74.4 Å². The smallest absolute Gasteiger partial charge is 0.343 e. The average molecular weight is 636 g/mol. The van der Waals surface area contributed by atoms with Gasteiger partial charge < -0.3 is 4.74 Å². The molecule has 0 unspecified atom stereocenters. The molecule has 2 aliphatic rings. The standard InChI is InChI=1S/C31H23Cl2N3O8/c1-17-2-12-23-25(14-17)30(40)35(29(23)39)34(28(38)24-13-7-20(32)15-26(24)33)16-27(37)18-5-10-22(11-6-18)44-31(41)19-3-8-21(9-4-19)36(42)43/h2-11,13,15,23,25H,12,14,16H2,1H3/t23-,25-/m1/s1. The summed E-state index contributed by atoms with van der Waals surface area (Å²) < 4.78 is 5.30. The number of nitro groups is 1. The zero-order valence-electron chi connectivity index (χ0n) is 23.1. The number of esters is 1.